The van der Waals surface area contributed by atoms with Gasteiger partial charge in [0.05, 0.1) is 17.8 Å². The highest BCUT2D eigenvalue weighted by molar-refractivity contribution is 6.70. The molecule has 4 fully saturated rings. The van der Waals surface area contributed by atoms with Crippen LogP contribution >= 0.6 is 0 Å². The normalized spacial score (nSPS) is 41.8. The molecule has 0 bridgehead atoms. The van der Waals surface area contributed by atoms with E-state index in [1.807, 2.05) is 0 Å². The Balaban J connectivity index is 1.68. The van der Waals surface area contributed by atoms with Crippen LogP contribution in [0.4, 0.5) is 0 Å². The SMILES string of the molecule is CC(C)CCC[C@@H](C)[C@H]1CC[C@H]2[C@@H]3CC[C@@]4(O[Si](C)(C)C)[C@H](O[Si](C)(C)C)[C@@H](O[Si](C)(C)C)CC[C@]4(C)[C@H]3CC[C@]12C. The van der Waals surface area contributed by atoms with Gasteiger partial charge in [0.1, 0.15) is 0 Å². The number of hydrogen-bond acceptors (Lipinski definition) is 3. The molecule has 0 amide bonds. The molecule has 0 aromatic carbocycles. The lowest BCUT2D eigenvalue weighted by atomic mass is 9.42. The molecule has 4 rings (SSSR count). The maximum Gasteiger partial charge on any atom is 0.184 e. The predicted molar refractivity (Wildman–Crippen MR) is 189 cm³/mol. The lowest BCUT2D eigenvalue weighted by Gasteiger charge is -2.69. The second-order valence-electron chi connectivity index (χ2n) is 19.4. The van der Waals surface area contributed by atoms with Crippen molar-refractivity contribution < 1.29 is 13.3 Å². The molecule has 0 radical (unpaired) electrons. The van der Waals surface area contributed by atoms with Crippen LogP contribution in [0.2, 0.25) is 58.9 Å². The molecule has 0 heterocycles. The number of fused-ring (bicyclic) bond motifs is 5. The van der Waals surface area contributed by atoms with Crippen molar-refractivity contribution >= 4 is 25.0 Å². The van der Waals surface area contributed by atoms with E-state index in [1.54, 1.807) is 0 Å². The molecule has 0 saturated heterocycles. The van der Waals surface area contributed by atoms with Crippen molar-refractivity contribution in [2.75, 3.05) is 0 Å². The zero-order valence-electron chi connectivity index (χ0n) is 30.6. The van der Waals surface area contributed by atoms with Gasteiger partial charge in [-0.15, -0.1) is 0 Å². The van der Waals surface area contributed by atoms with E-state index in [1.165, 1.54) is 57.8 Å². The minimum atomic E-state index is -1.87. The summed E-state index contributed by atoms with van der Waals surface area (Å²) in [4.78, 5) is 0. The molecule has 42 heavy (non-hydrogen) atoms. The Morgan fingerprint density at radius 3 is 1.88 bits per heavy atom. The summed E-state index contributed by atoms with van der Waals surface area (Å²) >= 11 is 0. The fraction of sp³-hybridized carbons (Fsp3) is 1.00. The molecule has 4 aliphatic carbocycles. The Kier molecular flexibility index (Phi) is 10.3. The van der Waals surface area contributed by atoms with Crippen molar-refractivity contribution in [2.24, 2.45) is 46.3 Å². The third kappa shape index (κ3) is 7.09. The molecule has 0 N–H and O–H groups in total. The van der Waals surface area contributed by atoms with Crippen LogP contribution in [-0.2, 0) is 13.3 Å². The van der Waals surface area contributed by atoms with Gasteiger partial charge in [0, 0.05) is 5.41 Å². The van der Waals surface area contributed by atoms with Gasteiger partial charge in [-0.1, -0.05) is 53.9 Å². The van der Waals surface area contributed by atoms with Crippen LogP contribution in [0.5, 0.6) is 0 Å². The molecule has 4 aliphatic rings. The van der Waals surface area contributed by atoms with Gasteiger partial charge in [0.2, 0.25) is 0 Å². The first-order chi connectivity index (χ1) is 19.1. The molecule has 3 nitrogen and oxygen atoms in total. The Morgan fingerprint density at radius 2 is 1.31 bits per heavy atom. The molecule has 0 spiro atoms. The maximum absolute atomic E-state index is 7.66. The lowest BCUT2D eigenvalue weighted by molar-refractivity contribution is -0.252. The van der Waals surface area contributed by atoms with Gasteiger partial charge in [-0.3, -0.25) is 0 Å². The van der Waals surface area contributed by atoms with Gasteiger partial charge in [-0.2, -0.15) is 0 Å². The van der Waals surface area contributed by atoms with E-state index < -0.39 is 25.0 Å². The van der Waals surface area contributed by atoms with Crippen molar-refractivity contribution in [1.29, 1.82) is 0 Å². The van der Waals surface area contributed by atoms with Gasteiger partial charge < -0.3 is 13.3 Å². The summed E-state index contributed by atoms with van der Waals surface area (Å²) in [5.74, 6) is 5.10. The highest BCUT2D eigenvalue weighted by Crippen LogP contribution is 2.70. The maximum atomic E-state index is 7.66. The van der Waals surface area contributed by atoms with Crippen LogP contribution in [0, 0.1) is 46.3 Å². The Hall–Kier alpha value is 0.531. The van der Waals surface area contributed by atoms with Crippen LogP contribution in [0.3, 0.4) is 0 Å². The second kappa shape index (κ2) is 12.3. The molecule has 10 atom stereocenters. The monoisotopic (exact) mass is 636 g/mol. The van der Waals surface area contributed by atoms with E-state index in [9.17, 15) is 0 Å². The molecule has 0 aliphatic heterocycles. The topological polar surface area (TPSA) is 27.7 Å². The molecular weight excluding hydrogens is 565 g/mol. The summed E-state index contributed by atoms with van der Waals surface area (Å²) in [5, 5.41) is 0. The van der Waals surface area contributed by atoms with Crippen LogP contribution < -0.4 is 0 Å². The average Bonchev–Trinajstić information content (AvgIpc) is 3.16. The van der Waals surface area contributed by atoms with Gasteiger partial charge in [0.25, 0.3) is 0 Å². The summed E-state index contributed by atoms with van der Waals surface area (Å²) in [6.45, 7) is 34.3. The van der Waals surface area contributed by atoms with Crippen LogP contribution in [0.25, 0.3) is 0 Å². The van der Waals surface area contributed by atoms with Crippen molar-refractivity contribution in [3.05, 3.63) is 0 Å². The summed E-state index contributed by atoms with van der Waals surface area (Å²) in [6, 6.07) is 0. The molecular formula is C36H72O3Si3. The largest absolute Gasteiger partial charge is 0.412 e. The lowest BCUT2D eigenvalue weighted by Crippen LogP contribution is -2.74. The summed E-state index contributed by atoms with van der Waals surface area (Å²) in [7, 11) is -5.45. The van der Waals surface area contributed by atoms with Gasteiger partial charge in [-0.25, -0.2) is 0 Å². The highest BCUT2D eigenvalue weighted by atomic mass is 28.4. The van der Waals surface area contributed by atoms with Crippen molar-refractivity contribution in [1.82, 2.24) is 0 Å². The van der Waals surface area contributed by atoms with Gasteiger partial charge in [-0.05, 0) is 151 Å². The standard InChI is InChI=1S/C36H72O3Si3/c1-26(2)16-15-17-27(3)29-18-19-30-28-20-25-36(39-42(12,13)14)33(38-41(9,10)11)32(37-40(6,7)8)22-24-35(36,5)31(28)21-23-34(29,30)4/h26-33H,15-25H2,1-14H3/t27-,28+,29-,30+,31+,32+,33-,34-,35-,36-/m1/s1. The molecule has 0 aromatic rings. The van der Waals surface area contributed by atoms with Crippen molar-refractivity contribution in [2.45, 2.75) is 182 Å². The molecule has 0 unspecified atom stereocenters. The highest BCUT2D eigenvalue weighted by Gasteiger charge is 2.69. The first-order valence-electron chi connectivity index (χ1n) is 18.2. The Bertz CT molecular complexity index is 919. The van der Waals surface area contributed by atoms with E-state index in [2.05, 4.69) is 93.5 Å². The molecule has 4 saturated carbocycles. The van der Waals surface area contributed by atoms with E-state index in [4.69, 9.17) is 13.3 Å². The predicted octanol–water partition coefficient (Wildman–Crippen LogP) is 11.1. The fourth-order valence-corrected chi connectivity index (χ4v) is 14.9. The van der Waals surface area contributed by atoms with Gasteiger partial charge in [0.15, 0.2) is 25.0 Å². The Morgan fingerprint density at radius 1 is 0.667 bits per heavy atom. The van der Waals surface area contributed by atoms with Crippen molar-refractivity contribution in [3.8, 4) is 0 Å². The number of hydrogen-bond donors (Lipinski definition) is 0. The average molecular weight is 637 g/mol. The second-order valence-corrected chi connectivity index (χ2v) is 32.8. The summed E-state index contributed by atoms with van der Waals surface area (Å²) in [6.07, 6.45) is 15.1. The minimum absolute atomic E-state index is 0.0629. The molecule has 6 heteroatoms. The van der Waals surface area contributed by atoms with Gasteiger partial charge >= 0.3 is 0 Å². The van der Waals surface area contributed by atoms with E-state index in [0.717, 1.165) is 48.3 Å². The van der Waals surface area contributed by atoms with Crippen LogP contribution in [0.15, 0.2) is 0 Å². The summed E-state index contributed by atoms with van der Waals surface area (Å²) < 4.78 is 22.1. The molecule has 246 valence electrons. The zero-order valence-corrected chi connectivity index (χ0v) is 33.6. The minimum Gasteiger partial charge on any atom is -0.412 e. The third-order valence-electron chi connectivity index (χ3n) is 12.5. The summed E-state index contributed by atoms with van der Waals surface area (Å²) in [5.41, 5.74) is 0.459. The van der Waals surface area contributed by atoms with E-state index in [-0.39, 0.29) is 23.2 Å². The van der Waals surface area contributed by atoms with Crippen LogP contribution in [-0.4, -0.2) is 42.8 Å². The smallest absolute Gasteiger partial charge is 0.184 e. The first kappa shape index (κ1) is 35.4. The fourth-order valence-electron chi connectivity index (χ4n) is 11.1. The number of rotatable bonds is 11. The van der Waals surface area contributed by atoms with Crippen LogP contribution in [0.1, 0.15) is 105 Å². The third-order valence-corrected chi connectivity index (χ3v) is 15.4. The quantitative estimate of drug-likeness (QED) is 0.211. The van der Waals surface area contributed by atoms with E-state index in [0.29, 0.717) is 5.41 Å². The van der Waals surface area contributed by atoms with Crippen molar-refractivity contribution in [3.63, 3.8) is 0 Å². The molecule has 0 aromatic heterocycles. The van der Waals surface area contributed by atoms with E-state index >= 15 is 0 Å². The first-order valence-corrected chi connectivity index (χ1v) is 28.4. The Labute approximate surface area is 265 Å². The zero-order chi connectivity index (χ0) is 31.5.